The van der Waals surface area contributed by atoms with Gasteiger partial charge in [-0.25, -0.2) is 4.79 Å². The zero-order chi connectivity index (χ0) is 17.1. The van der Waals surface area contributed by atoms with Gasteiger partial charge in [0.25, 0.3) is 0 Å². The minimum Gasteiger partial charge on any atom is -0.449 e. The van der Waals surface area contributed by atoms with Gasteiger partial charge in [0, 0.05) is 5.92 Å². The average Bonchev–Trinajstić information content (AvgIpc) is 2.91. The minimum atomic E-state index is -0.708. The fourth-order valence-electron chi connectivity index (χ4n) is 3.16. The molecule has 3 rings (SSSR count). The number of benzene rings is 2. The molecule has 1 atom stereocenters. The monoisotopic (exact) mass is 324 g/mol. The van der Waals surface area contributed by atoms with Crippen LogP contribution in [0.1, 0.15) is 30.4 Å². The third-order valence-corrected chi connectivity index (χ3v) is 4.39. The standard InChI is InChI=1S/C19H20N2O3/c1-2-17(18(20)22)21-19(23)24-11-16-14-9-5-3-7-12(14)13-8-4-6-10-15(13)16/h3-10,16-17H,2,11H2,1H3,(H2,20,22)(H,21,23)/t17-/m0/s1. The predicted molar refractivity (Wildman–Crippen MR) is 91.5 cm³/mol. The van der Waals surface area contributed by atoms with E-state index in [4.69, 9.17) is 10.5 Å². The van der Waals surface area contributed by atoms with Gasteiger partial charge in [-0.3, -0.25) is 4.79 Å². The maximum atomic E-state index is 12.0. The molecule has 0 saturated heterocycles. The number of fused-ring (bicyclic) bond motifs is 3. The van der Waals surface area contributed by atoms with Gasteiger partial charge in [-0.1, -0.05) is 55.5 Å². The van der Waals surface area contributed by atoms with Crippen LogP contribution in [0.3, 0.4) is 0 Å². The van der Waals surface area contributed by atoms with Gasteiger partial charge in [0.15, 0.2) is 0 Å². The number of hydrogen-bond donors (Lipinski definition) is 2. The minimum absolute atomic E-state index is 0.00296. The number of alkyl carbamates (subject to hydrolysis) is 1. The molecule has 3 N–H and O–H groups in total. The van der Waals surface area contributed by atoms with Crippen molar-refractivity contribution >= 4 is 12.0 Å². The van der Waals surface area contributed by atoms with Crippen molar-refractivity contribution < 1.29 is 14.3 Å². The van der Waals surface area contributed by atoms with Gasteiger partial charge in [0.2, 0.25) is 5.91 Å². The Kier molecular flexibility index (Phi) is 4.51. The molecule has 0 heterocycles. The van der Waals surface area contributed by atoms with Gasteiger partial charge in [0.1, 0.15) is 12.6 Å². The summed E-state index contributed by atoms with van der Waals surface area (Å²) in [5, 5.41) is 2.50. The van der Waals surface area contributed by atoms with E-state index in [0.29, 0.717) is 6.42 Å². The average molecular weight is 324 g/mol. The number of hydrogen-bond acceptors (Lipinski definition) is 3. The fourth-order valence-corrected chi connectivity index (χ4v) is 3.16. The summed E-state index contributed by atoms with van der Waals surface area (Å²) in [4.78, 5) is 23.2. The largest absolute Gasteiger partial charge is 0.449 e. The van der Waals surface area contributed by atoms with Crippen molar-refractivity contribution in [2.24, 2.45) is 5.73 Å². The van der Waals surface area contributed by atoms with E-state index in [9.17, 15) is 9.59 Å². The van der Waals surface area contributed by atoms with Gasteiger partial charge in [-0.15, -0.1) is 0 Å². The van der Waals surface area contributed by atoms with Gasteiger partial charge in [0.05, 0.1) is 0 Å². The maximum absolute atomic E-state index is 12.0. The first kappa shape index (κ1) is 16.1. The summed E-state index contributed by atoms with van der Waals surface area (Å²) in [5.41, 5.74) is 9.87. The van der Waals surface area contributed by atoms with Crippen LogP contribution in [0.15, 0.2) is 48.5 Å². The van der Waals surface area contributed by atoms with E-state index in [1.807, 2.05) is 24.3 Å². The molecule has 0 bridgehead atoms. The number of rotatable bonds is 5. The molecule has 0 aromatic heterocycles. The smallest absolute Gasteiger partial charge is 0.407 e. The fraction of sp³-hybridized carbons (Fsp3) is 0.263. The normalized spacial score (nSPS) is 13.7. The Morgan fingerprint density at radius 1 is 1.08 bits per heavy atom. The molecule has 1 aliphatic rings. The van der Waals surface area contributed by atoms with Crippen molar-refractivity contribution in [3.05, 3.63) is 59.7 Å². The summed E-state index contributed by atoms with van der Waals surface area (Å²) < 4.78 is 5.36. The van der Waals surface area contributed by atoms with Crippen molar-refractivity contribution in [1.82, 2.24) is 5.32 Å². The van der Waals surface area contributed by atoms with Crippen LogP contribution in [0.4, 0.5) is 4.79 Å². The van der Waals surface area contributed by atoms with E-state index >= 15 is 0 Å². The topological polar surface area (TPSA) is 81.4 Å². The molecule has 0 saturated carbocycles. The number of nitrogens with two attached hydrogens (primary N) is 1. The number of primary amides is 1. The highest BCUT2D eigenvalue weighted by atomic mass is 16.5. The highest BCUT2D eigenvalue weighted by Gasteiger charge is 2.29. The van der Waals surface area contributed by atoms with Crippen LogP contribution in [0.25, 0.3) is 11.1 Å². The molecule has 2 aromatic rings. The molecule has 5 nitrogen and oxygen atoms in total. The molecule has 0 radical (unpaired) electrons. The summed E-state index contributed by atoms with van der Waals surface area (Å²) in [6.07, 6.45) is -0.193. The van der Waals surface area contributed by atoms with Crippen molar-refractivity contribution in [2.75, 3.05) is 6.61 Å². The van der Waals surface area contributed by atoms with E-state index in [2.05, 4.69) is 29.6 Å². The second-order valence-electron chi connectivity index (χ2n) is 5.83. The summed E-state index contributed by atoms with van der Waals surface area (Å²) in [7, 11) is 0. The second-order valence-corrected chi connectivity index (χ2v) is 5.83. The first-order valence-corrected chi connectivity index (χ1v) is 8.02. The third kappa shape index (κ3) is 2.97. The Hall–Kier alpha value is -2.82. The second kappa shape index (κ2) is 6.74. The lowest BCUT2D eigenvalue weighted by Gasteiger charge is -2.17. The summed E-state index contributed by atoms with van der Waals surface area (Å²) in [5.74, 6) is -0.567. The number of nitrogens with one attached hydrogen (secondary N) is 1. The van der Waals surface area contributed by atoms with Gasteiger partial charge < -0.3 is 15.8 Å². The molecule has 0 aliphatic heterocycles. The third-order valence-electron chi connectivity index (χ3n) is 4.39. The summed E-state index contributed by atoms with van der Waals surface area (Å²) in [6.45, 7) is 1.99. The van der Waals surface area contributed by atoms with Crippen molar-refractivity contribution in [3.63, 3.8) is 0 Å². The Labute approximate surface area is 140 Å². The Balaban J connectivity index is 1.74. The van der Waals surface area contributed by atoms with Crippen LogP contribution < -0.4 is 11.1 Å². The highest BCUT2D eigenvalue weighted by molar-refractivity contribution is 5.84. The predicted octanol–water partition coefficient (Wildman–Crippen LogP) is 2.79. The molecule has 24 heavy (non-hydrogen) atoms. The van der Waals surface area contributed by atoms with E-state index in [-0.39, 0.29) is 12.5 Å². The van der Waals surface area contributed by atoms with Crippen LogP contribution in [-0.4, -0.2) is 24.6 Å². The summed E-state index contributed by atoms with van der Waals surface area (Å²) in [6, 6.07) is 15.5. The van der Waals surface area contributed by atoms with Crippen molar-refractivity contribution in [2.45, 2.75) is 25.3 Å². The summed E-state index contributed by atoms with van der Waals surface area (Å²) >= 11 is 0. The number of amides is 2. The lowest BCUT2D eigenvalue weighted by Crippen LogP contribution is -2.44. The molecule has 0 unspecified atom stereocenters. The van der Waals surface area contributed by atoms with Crippen LogP contribution in [0.5, 0.6) is 0 Å². The van der Waals surface area contributed by atoms with Crippen molar-refractivity contribution in [1.29, 1.82) is 0 Å². The zero-order valence-corrected chi connectivity index (χ0v) is 13.5. The number of carbonyl (C=O) groups is 2. The SMILES string of the molecule is CC[C@H](NC(=O)OCC1c2ccccc2-c2ccccc21)C(N)=O. The van der Waals surface area contributed by atoms with Crippen LogP contribution in [-0.2, 0) is 9.53 Å². The van der Waals surface area contributed by atoms with E-state index in [1.54, 1.807) is 6.92 Å². The molecule has 5 heteroatoms. The first-order chi connectivity index (χ1) is 11.6. The number of ether oxygens (including phenoxy) is 1. The Morgan fingerprint density at radius 2 is 1.62 bits per heavy atom. The molecule has 2 aromatic carbocycles. The van der Waals surface area contributed by atoms with Crippen LogP contribution >= 0.6 is 0 Å². The van der Waals surface area contributed by atoms with Gasteiger partial charge >= 0.3 is 6.09 Å². The molecule has 124 valence electrons. The quantitative estimate of drug-likeness (QED) is 0.887. The molecular formula is C19H20N2O3. The lowest BCUT2D eigenvalue weighted by molar-refractivity contribution is -0.120. The molecule has 2 amide bonds. The van der Waals surface area contributed by atoms with Gasteiger partial charge in [-0.05, 0) is 28.7 Å². The van der Waals surface area contributed by atoms with Crippen LogP contribution in [0, 0.1) is 0 Å². The first-order valence-electron chi connectivity index (χ1n) is 8.02. The Morgan fingerprint density at radius 3 is 2.12 bits per heavy atom. The zero-order valence-electron chi connectivity index (χ0n) is 13.5. The van der Waals surface area contributed by atoms with Crippen LogP contribution in [0.2, 0.25) is 0 Å². The Bertz CT molecular complexity index is 727. The van der Waals surface area contributed by atoms with E-state index in [1.165, 1.54) is 11.1 Å². The molecule has 0 spiro atoms. The molecular weight excluding hydrogens is 304 g/mol. The van der Waals surface area contributed by atoms with Crippen molar-refractivity contribution in [3.8, 4) is 11.1 Å². The molecule has 0 fully saturated rings. The lowest BCUT2D eigenvalue weighted by atomic mass is 9.98. The van der Waals surface area contributed by atoms with E-state index < -0.39 is 18.0 Å². The van der Waals surface area contributed by atoms with Gasteiger partial charge in [-0.2, -0.15) is 0 Å². The van der Waals surface area contributed by atoms with E-state index in [0.717, 1.165) is 11.1 Å². The highest BCUT2D eigenvalue weighted by Crippen LogP contribution is 2.44. The molecule has 1 aliphatic carbocycles. The number of carbonyl (C=O) groups excluding carboxylic acids is 2. The maximum Gasteiger partial charge on any atom is 0.407 e.